The van der Waals surface area contributed by atoms with Gasteiger partial charge in [0.05, 0.1) is 6.42 Å². The standard InChI is InChI=1S/C13H25N3O3/c1-9(2)16(3)7-6-14-13(19)15-11(8-12(17)18)10-4-5-10/h9-11H,4-8H2,1-3H3,(H,17,18)(H2,14,15,19). The van der Waals surface area contributed by atoms with Crippen molar-refractivity contribution in [2.75, 3.05) is 20.1 Å². The Kier molecular flexibility index (Phi) is 6.08. The Morgan fingerprint density at radius 2 is 2.00 bits per heavy atom. The van der Waals surface area contributed by atoms with Gasteiger partial charge in [0.25, 0.3) is 0 Å². The molecular formula is C13H25N3O3. The number of rotatable bonds is 8. The summed E-state index contributed by atoms with van der Waals surface area (Å²) in [6.45, 7) is 5.52. The number of carbonyl (C=O) groups excluding carboxylic acids is 1. The minimum atomic E-state index is -0.864. The number of carboxylic acids is 1. The first kappa shape index (κ1) is 15.8. The lowest BCUT2D eigenvalue weighted by Gasteiger charge is -2.22. The highest BCUT2D eigenvalue weighted by molar-refractivity contribution is 5.75. The molecule has 6 nitrogen and oxygen atoms in total. The average molecular weight is 271 g/mol. The lowest BCUT2D eigenvalue weighted by molar-refractivity contribution is -0.137. The fourth-order valence-corrected chi connectivity index (χ4v) is 1.85. The number of hydrogen-bond acceptors (Lipinski definition) is 3. The smallest absolute Gasteiger partial charge is 0.315 e. The average Bonchev–Trinajstić information content (AvgIpc) is 3.10. The van der Waals surface area contributed by atoms with Crippen molar-refractivity contribution >= 4 is 12.0 Å². The van der Waals surface area contributed by atoms with Crippen LogP contribution in [0.3, 0.4) is 0 Å². The van der Waals surface area contributed by atoms with Gasteiger partial charge in [0, 0.05) is 25.2 Å². The molecule has 3 N–H and O–H groups in total. The Hall–Kier alpha value is -1.30. The number of amides is 2. The van der Waals surface area contributed by atoms with E-state index in [2.05, 4.69) is 29.4 Å². The van der Waals surface area contributed by atoms with Crippen LogP contribution >= 0.6 is 0 Å². The molecular weight excluding hydrogens is 246 g/mol. The van der Waals surface area contributed by atoms with Crippen molar-refractivity contribution in [1.29, 1.82) is 0 Å². The molecule has 0 radical (unpaired) electrons. The van der Waals surface area contributed by atoms with Crippen LogP contribution in [0.15, 0.2) is 0 Å². The van der Waals surface area contributed by atoms with E-state index in [1.807, 2.05) is 7.05 Å². The Bertz CT molecular complexity index is 316. The number of nitrogens with one attached hydrogen (secondary N) is 2. The molecule has 1 aliphatic carbocycles. The molecule has 1 rings (SSSR count). The van der Waals surface area contributed by atoms with Gasteiger partial charge in [0.1, 0.15) is 0 Å². The number of nitrogens with zero attached hydrogens (tertiary/aromatic N) is 1. The molecule has 0 spiro atoms. The number of likely N-dealkylation sites (N-methyl/N-ethyl adjacent to an activating group) is 1. The summed E-state index contributed by atoms with van der Waals surface area (Å²) in [4.78, 5) is 24.5. The first-order valence-electron chi connectivity index (χ1n) is 6.86. The first-order valence-corrected chi connectivity index (χ1v) is 6.86. The van der Waals surface area contributed by atoms with Crippen LogP contribution in [0.2, 0.25) is 0 Å². The minimum absolute atomic E-state index is 0.00395. The van der Waals surface area contributed by atoms with E-state index >= 15 is 0 Å². The topological polar surface area (TPSA) is 81.7 Å². The van der Waals surface area contributed by atoms with Gasteiger partial charge in [0.2, 0.25) is 0 Å². The fraction of sp³-hybridized carbons (Fsp3) is 0.846. The predicted molar refractivity (Wildman–Crippen MR) is 73.1 cm³/mol. The zero-order valence-corrected chi connectivity index (χ0v) is 12.0. The van der Waals surface area contributed by atoms with Crippen molar-refractivity contribution < 1.29 is 14.7 Å². The van der Waals surface area contributed by atoms with Crippen LogP contribution in [-0.4, -0.2) is 54.2 Å². The van der Waals surface area contributed by atoms with Crippen molar-refractivity contribution in [3.63, 3.8) is 0 Å². The van der Waals surface area contributed by atoms with Gasteiger partial charge in [0.15, 0.2) is 0 Å². The molecule has 0 heterocycles. The molecule has 0 aromatic heterocycles. The van der Waals surface area contributed by atoms with E-state index in [0.717, 1.165) is 19.4 Å². The molecule has 0 aromatic carbocycles. The summed E-state index contributed by atoms with van der Waals surface area (Å²) in [7, 11) is 2.00. The molecule has 0 aliphatic heterocycles. The molecule has 1 atom stereocenters. The lowest BCUT2D eigenvalue weighted by atomic mass is 10.1. The van der Waals surface area contributed by atoms with Crippen LogP contribution in [-0.2, 0) is 4.79 Å². The zero-order chi connectivity index (χ0) is 14.4. The minimum Gasteiger partial charge on any atom is -0.481 e. The molecule has 2 amide bonds. The molecule has 1 unspecified atom stereocenters. The van der Waals surface area contributed by atoms with Crippen LogP contribution in [0.4, 0.5) is 4.79 Å². The Morgan fingerprint density at radius 3 is 2.47 bits per heavy atom. The highest BCUT2D eigenvalue weighted by Gasteiger charge is 2.33. The van der Waals surface area contributed by atoms with Crippen molar-refractivity contribution in [1.82, 2.24) is 15.5 Å². The van der Waals surface area contributed by atoms with E-state index in [0.29, 0.717) is 18.5 Å². The van der Waals surface area contributed by atoms with Gasteiger partial charge >= 0.3 is 12.0 Å². The second-order valence-corrected chi connectivity index (χ2v) is 5.52. The maximum atomic E-state index is 11.7. The molecule has 1 fully saturated rings. The van der Waals surface area contributed by atoms with E-state index < -0.39 is 5.97 Å². The number of aliphatic carboxylic acids is 1. The van der Waals surface area contributed by atoms with E-state index in [1.54, 1.807) is 0 Å². The maximum Gasteiger partial charge on any atom is 0.315 e. The SMILES string of the molecule is CC(C)N(C)CCNC(=O)NC(CC(=O)O)C1CC1. The van der Waals surface area contributed by atoms with Crippen LogP contribution in [0.1, 0.15) is 33.1 Å². The summed E-state index contributed by atoms with van der Waals surface area (Å²) in [5.41, 5.74) is 0. The molecule has 0 aromatic rings. The number of urea groups is 1. The second-order valence-electron chi connectivity index (χ2n) is 5.52. The second kappa shape index (κ2) is 7.33. The largest absolute Gasteiger partial charge is 0.481 e. The zero-order valence-electron chi connectivity index (χ0n) is 12.0. The molecule has 110 valence electrons. The predicted octanol–water partition coefficient (Wildman–Crippen LogP) is 0.879. The maximum absolute atomic E-state index is 11.7. The van der Waals surface area contributed by atoms with Crippen molar-refractivity contribution in [3.05, 3.63) is 0 Å². The molecule has 1 aliphatic rings. The van der Waals surface area contributed by atoms with Crippen molar-refractivity contribution in [2.45, 2.75) is 45.2 Å². The number of carbonyl (C=O) groups is 2. The normalized spacial score (nSPS) is 16.5. The first-order chi connectivity index (χ1) is 8.90. The van der Waals surface area contributed by atoms with Crippen LogP contribution < -0.4 is 10.6 Å². The van der Waals surface area contributed by atoms with Gasteiger partial charge in [-0.3, -0.25) is 4.79 Å². The Morgan fingerprint density at radius 1 is 1.37 bits per heavy atom. The monoisotopic (exact) mass is 271 g/mol. The summed E-state index contributed by atoms with van der Waals surface area (Å²) in [5.74, 6) is -0.531. The van der Waals surface area contributed by atoms with Gasteiger partial charge in [-0.15, -0.1) is 0 Å². The fourth-order valence-electron chi connectivity index (χ4n) is 1.85. The highest BCUT2D eigenvalue weighted by atomic mass is 16.4. The van der Waals surface area contributed by atoms with Gasteiger partial charge in [-0.05, 0) is 39.7 Å². The van der Waals surface area contributed by atoms with E-state index in [-0.39, 0.29) is 18.5 Å². The number of carboxylic acid groups (broad SMARTS) is 1. The number of hydrogen-bond donors (Lipinski definition) is 3. The van der Waals surface area contributed by atoms with Gasteiger partial charge in [-0.25, -0.2) is 4.79 Å². The van der Waals surface area contributed by atoms with E-state index in [4.69, 9.17) is 5.11 Å². The third kappa shape index (κ3) is 6.42. The van der Waals surface area contributed by atoms with E-state index in [1.165, 1.54) is 0 Å². The van der Waals surface area contributed by atoms with Crippen LogP contribution in [0.25, 0.3) is 0 Å². The summed E-state index contributed by atoms with van der Waals surface area (Å²) in [6.07, 6.45) is 2.02. The summed E-state index contributed by atoms with van der Waals surface area (Å²) >= 11 is 0. The van der Waals surface area contributed by atoms with Gasteiger partial charge in [-0.2, -0.15) is 0 Å². The third-order valence-electron chi connectivity index (χ3n) is 3.53. The molecule has 6 heteroatoms. The molecule has 1 saturated carbocycles. The van der Waals surface area contributed by atoms with Crippen LogP contribution in [0, 0.1) is 5.92 Å². The summed E-state index contributed by atoms with van der Waals surface area (Å²) in [6, 6.07) is -0.0632. The quantitative estimate of drug-likeness (QED) is 0.612. The third-order valence-corrected chi connectivity index (χ3v) is 3.53. The van der Waals surface area contributed by atoms with Crippen molar-refractivity contribution in [3.8, 4) is 0 Å². The highest BCUT2D eigenvalue weighted by Crippen LogP contribution is 2.33. The van der Waals surface area contributed by atoms with E-state index in [9.17, 15) is 9.59 Å². The van der Waals surface area contributed by atoms with Gasteiger partial charge in [-0.1, -0.05) is 0 Å². The summed E-state index contributed by atoms with van der Waals surface area (Å²) < 4.78 is 0. The Balaban J connectivity index is 2.23. The molecule has 0 saturated heterocycles. The summed E-state index contributed by atoms with van der Waals surface area (Å²) in [5, 5.41) is 14.3. The molecule has 0 bridgehead atoms. The van der Waals surface area contributed by atoms with Crippen LogP contribution in [0.5, 0.6) is 0 Å². The van der Waals surface area contributed by atoms with Gasteiger partial charge < -0.3 is 20.6 Å². The van der Waals surface area contributed by atoms with Crippen molar-refractivity contribution in [2.24, 2.45) is 5.92 Å². The molecule has 19 heavy (non-hydrogen) atoms. The lowest BCUT2D eigenvalue weighted by Crippen LogP contribution is -2.46. The Labute approximate surface area is 114 Å².